The molecule has 29 heavy (non-hydrogen) atoms. The minimum atomic E-state index is -0.297. The Balaban J connectivity index is 1.53. The van der Waals surface area contributed by atoms with Gasteiger partial charge < -0.3 is 14.8 Å². The van der Waals surface area contributed by atoms with Crippen molar-refractivity contribution in [3.8, 4) is 22.8 Å². The lowest BCUT2D eigenvalue weighted by atomic mass is 10.1. The molecular formula is C21H20ClN3O4. The maximum Gasteiger partial charge on any atom is 0.266 e. The van der Waals surface area contributed by atoms with Gasteiger partial charge in [-0.2, -0.15) is 5.10 Å². The maximum absolute atomic E-state index is 12.0. The second-order valence-electron chi connectivity index (χ2n) is 6.10. The Bertz CT molecular complexity index is 1030. The summed E-state index contributed by atoms with van der Waals surface area (Å²) in [6.45, 7) is 0.350. The SMILES string of the molecule is COc1cccc(OCC(=O)NCCn2nc(-c3ccc(Cl)cc3)ccc2=O)c1. The van der Waals surface area contributed by atoms with E-state index in [1.807, 2.05) is 12.1 Å². The monoisotopic (exact) mass is 413 g/mol. The van der Waals surface area contributed by atoms with Crippen LogP contribution in [0.1, 0.15) is 0 Å². The number of nitrogens with one attached hydrogen (secondary N) is 1. The first kappa shape index (κ1) is 20.4. The lowest BCUT2D eigenvalue weighted by Gasteiger charge is -2.10. The predicted molar refractivity (Wildman–Crippen MR) is 110 cm³/mol. The summed E-state index contributed by atoms with van der Waals surface area (Å²) < 4.78 is 11.9. The van der Waals surface area contributed by atoms with Gasteiger partial charge in [-0.1, -0.05) is 29.8 Å². The summed E-state index contributed by atoms with van der Waals surface area (Å²) in [6.07, 6.45) is 0. The number of hydrogen-bond donors (Lipinski definition) is 1. The lowest BCUT2D eigenvalue weighted by molar-refractivity contribution is -0.123. The molecule has 1 aromatic heterocycles. The summed E-state index contributed by atoms with van der Waals surface area (Å²) in [5.41, 5.74) is 1.25. The third kappa shape index (κ3) is 5.83. The van der Waals surface area contributed by atoms with Gasteiger partial charge >= 0.3 is 0 Å². The first-order chi connectivity index (χ1) is 14.0. The number of methoxy groups -OCH3 is 1. The minimum absolute atomic E-state index is 0.139. The van der Waals surface area contributed by atoms with Crippen LogP contribution in [-0.2, 0) is 11.3 Å². The van der Waals surface area contributed by atoms with Crippen molar-refractivity contribution in [2.45, 2.75) is 6.54 Å². The van der Waals surface area contributed by atoms with Crippen LogP contribution in [0.2, 0.25) is 5.02 Å². The Hall–Kier alpha value is -3.32. The van der Waals surface area contributed by atoms with Crippen molar-refractivity contribution in [3.05, 3.63) is 76.0 Å². The predicted octanol–water partition coefficient (Wildman–Crippen LogP) is 2.77. The molecule has 0 aliphatic heterocycles. The van der Waals surface area contributed by atoms with E-state index in [1.54, 1.807) is 49.6 Å². The molecule has 8 heteroatoms. The Morgan fingerprint density at radius 3 is 2.62 bits per heavy atom. The van der Waals surface area contributed by atoms with Gasteiger partial charge in [-0.15, -0.1) is 0 Å². The van der Waals surface area contributed by atoms with Crippen molar-refractivity contribution in [1.82, 2.24) is 15.1 Å². The molecule has 0 bridgehead atoms. The number of ether oxygens (including phenoxy) is 2. The molecule has 1 N–H and O–H groups in total. The molecule has 1 amide bonds. The fourth-order valence-electron chi connectivity index (χ4n) is 2.58. The van der Waals surface area contributed by atoms with E-state index >= 15 is 0 Å². The van der Waals surface area contributed by atoms with E-state index in [1.165, 1.54) is 10.7 Å². The Labute approximate surface area is 172 Å². The molecule has 0 saturated heterocycles. The summed E-state index contributed by atoms with van der Waals surface area (Å²) in [5.74, 6) is 0.886. The Morgan fingerprint density at radius 1 is 1.10 bits per heavy atom. The van der Waals surface area contributed by atoms with E-state index in [0.29, 0.717) is 22.2 Å². The zero-order chi connectivity index (χ0) is 20.6. The van der Waals surface area contributed by atoms with Crippen molar-refractivity contribution in [2.75, 3.05) is 20.3 Å². The molecule has 0 fully saturated rings. The summed E-state index contributed by atoms with van der Waals surface area (Å²) in [5, 5.41) is 7.68. The van der Waals surface area contributed by atoms with Gasteiger partial charge in [0.25, 0.3) is 11.5 Å². The van der Waals surface area contributed by atoms with E-state index < -0.39 is 0 Å². The molecule has 7 nitrogen and oxygen atoms in total. The fraction of sp³-hybridized carbons (Fsp3) is 0.190. The van der Waals surface area contributed by atoms with Crippen LogP contribution < -0.4 is 20.3 Å². The molecule has 0 atom stereocenters. The molecular weight excluding hydrogens is 394 g/mol. The zero-order valence-electron chi connectivity index (χ0n) is 15.8. The average molecular weight is 414 g/mol. The minimum Gasteiger partial charge on any atom is -0.497 e. The first-order valence-corrected chi connectivity index (χ1v) is 9.30. The van der Waals surface area contributed by atoms with Crippen molar-refractivity contribution in [3.63, 3.8) is 0 Å². The second-order valence-corrected chi connectivity index (χ2v) is 6.54. The van der Waals surface area contributed by atoms with E-state index in [-0.39, 0.29) is 31.2 Å². The highest BCUT2D eigenvalue weighted by atomic mass is 35.5. The van der Waals surface area contributed by atoms with Gasteiger partial charge in [-0.25, -0.2) is 4.68 Å². The standard InChI is InChI=1S/C21H20ClN3O4/c1-28-17-3-2-4-18(13-17)29-14-20(26)23-11-12-25-21(27)10-9-19(24-25)15-5-7-16(22)8-6-15/h2-10,13H,11-12,14H2,1H3,(H,23,26). The number of amides is 1. The van der Waals surface area contributed by atoms with Crippen LogP contribution in [0.25, 0.3) is 11.3 Å². The highest BCUT2D eigenvalue weighted by Gasteiger charge is 2.06. The lowest BCUT2D eigenvalue weighted by Crippen LogP contribution is -2.34. The molecule has 150 valence electrons. The van der Waals surface area contributed by atoms with Gasteiger partial charge in [0.2, 0.25) is 0 Å². The van der Waals surface area contributed by atoms with Gasteiger partial charge in [0.05, 0.1) is 19.3 Å². The van der Waals surface area contributed by atoms with Gasteiger partial charge in [0.15, 0.2) is 6.61 Å². The van der Waals surface area contributed by atoms with Crippen molar-refractivity contribution < 1.29 is 14.3 Å². The molecule has 0 aliphatic rings. The third-order valence-electron chi connectivity index (χ3n) is 4.06. The molecule has 3 aromatic rings. The van der Waals surface area contributed by atoms with E-state index in [9.17, 15) is 9.59 Å². The van der Waals surface area contributed by atoms with Gasteiger partial charge in [0, 0.05) is 29.3 Å². The molecule has 0 saturated carbocycles. The Morgan fingerprint density at radius 2 is 1.86 bits per heavy atom. The Kier molecular flexibility index (Phi) is 6.86. The van der Waals surface area contributed by atoms with Gasteiger partial charge in [-0.3, -0.25) is 9.59 Å². The number of carbonyl (C=O) groups is 1. The number of nitrogens with zero attached hydrogens (tertiary/aromatic N) is 2. The highest BCUT2D eigenvalue weighted by molar-refractivity contribution is 6.30. The van der Waals surface area contributed by atoms with Crippen LogP contribution in [-0.4, -0.2) is 35.9 Å². The number of benzene rings is 2. The molecule has 2 aromatic carbocycles. The summed E-state index contributed by atoms with van der Waals surface area (Å²) in [6, 6.07) is 17.3. The quantitative estimate of drug-likeness (QED) is 0.614. The van der Waals surface area contributed by atoms with Crippen LogP contribution in [0, 0.1) is 0 Å². The van der Waals surface area contributed by atoms with E-state index in [0.717, 1.165) is 5.56 Å². The van der Waals surface area contributed by atoms with Crippen molar-refractivity contribution >= 4 is 17.5 Å². The van der Waals surface area contributed by atoms with Crippen LogP contribution in [0.4, 0.5) is 0 Å². The smallest absolute Gasteiger partial charge is 0.266 e. The molecule has 0 unspecified atom stereocenters. The molecule has 0 spiro atoms. The highest BCUT2D eigenvalue weighted by Crippen LogP contribution is 2.19. The van der Waals surface area contributed by atoms with Gasteiger partial charge in [0.1, 0.15) is 11.5 Å². The topological polar surface area (TPSA) is 82.4 Å². The fourth-order valence-corrected chi connectivity index (χ4v) is 2.70. The molecule has 1 heterocycles. The summed E-state index contributed by atoms with van der Waals surface area (Å²) in [7, 11) is 1.56. The number of aromatic nitrogens is 2. The van der Waals surface area contributed by atoms with Crippen LogP contribution >= 0.6 is 11.6 Å². The van der Waals surface area contributed by atoms with Crippen molar-refractivity contribution in [1.29, 1.82) is 0 Å². The molecule has 3 rings (SSSR count). The maximum atomic E-state index is 12.0. The molecule has 0 aliphatic carbocycles. The third-order valence-corrected chi connectivity index (χ3v) is 4.32. The van der Waals surface area contributed by atoms with Crippen molar-refractivity contribution in [2.24, 2.45) is 0 Å². The number of hydrogen-bond acceptors (Lipinski definition) is 5. The second kappa shape index (κ2) is 9.75. The molecule has 0 radical (unpaired) electrons. The summed E-state index contributed by atoms with van der Waals surface area (Å²) in [4.78, 5) is 24.0. The summed E-state index contributed by atoms with van der Waals surface area (Å²) >= 11 is 5.90. The number of rotatable bonds is 8. The van der Waals surface area contributed by atoms with Crippen LogP contribution in [0.15, 0.2) is 65.5 Å². The number of carbonyl (C=O) groups excluding carboxylic acids is 1. The van der Waals surface area contributed by atoms with E-state index in [2.05, 4.69) is 10.4 Å². The van der Waals surface area contributed by atoms with Crippen LogP contribution in [0.5, 0.6) is 11.5 Å². The van der Waals surface area contributed by atoms with Gasteiger partial charge in [-0.05, 0) is 30.3 Å². The largest absolute Gasteiger partial charge is 0.497 e. The normalized spacial score (nSPS) is 10.4. The average Bonchev–Trinajstić information content (AvgIpc) is 2.74. The number of halogens is 1. The first-order valence-electron chi connectivity index (χ1n) is 8.93. The van der Waals surface area contributed by atoms with Crippen LogP contribution in [0.3, 0.4) is 0 Å². The van der Waals surface area contributed by atoms with E-state index in [4.69, 9.17) is 21.1 Å². The zero-order valence-corrected chi connectivity index (χ0v) is 16.6.